The van der Waals surface area contributed by atoms with E-state index in [9.17, 15) is 4.79 Å². The number of methoxy groups -OCH3 is 2. The van der Waals surface area contributed by atoms with Crippen molar-refractivity contribution >= 4 is 35.5 Å². The molecule has 2 aromatic rings. The molecule has 0 bridgehead atoms. The summed E-state index contributed by atoms with van der Waals surface area (Å²) in [5.41, 5.74) is -1.80. The molecule has 2 aromatic carbocycles. The summed E-state index contributed by atoms with van der Waals surface area (Å²) >= 11 is 0.624. The Kier molecular flexibility index (Phi) is 6.79. The summed E-state index contributed by atoms with van der Waals surface area (Å²) in [5, 5.41) is 3.14. The second-order valence-corrected chi connectivity index (χ2v) is 12.7. The largest absolute Gasteiger partial charge is 0.497 e. The molecule has 12 heteroatoms. The average Bonchev–Trinajstić information content (AvgIpc) is 3.33. The van der Waals surface area contributed by atoms with E-state index in [0.717, 1.165) is 12.7 Å². The highest BCUT2D eigenvalue weighted by molar-refractivity contribution is 8.16. The number of alkyl halides is 2. The van der Waals surface area contributed by atoms with Gasteiger partial charge in [-0.25, -0.2) is 13.2 Å². The van der Waals surface area contributed by atoms with Gasteiger partial charge in [-0.05, 0) is 63.8 Å². The second kappa shape index (κ2) is 9.42. The lowest BCUT2D eigenvalue weighted by molar-refractivity contribution is -0.143. The number of aliphatic imine (C=N–C) groups is 1. The van der Waals surface area contributed by atoms with Crippen LogP contribution in [0, 0.1) is 11.7 Å². The van der Waals surface area contributed by atoms with E-state index < -0.39 is 52.2 Å². The molecule has 7 nitrogen and oxygen atoms in total. The fourth-order valence-corrected chi connectivity index (χ4v) is 7.01. The van der Waals surface area contributed by atoms with Crippen molar-refractivity contribution in [1.29, 1.82) is 0 Å². The van der Waals surface area contributed by atoms with Gasteiger partial charge in [0, 0.05) is 5.56 Å². The smallest absolute Gasteiger partial charge is 0.494 e. The predicted octanol–water partition coefficient (Wildman–Crippen LogP) is 4.42. The Morgan fingerprint density at radius 1 is 1.05 bits per heavy atom. The number of halogens is 3. The third-order valence-electron chi connectivity index (χ3n) is 8.51. The molecule has 0 amide bonds. The molecule has 2 saturated heterocycles. The summed E-state index contributed by atoms with van der Waals surface area (Å²) in [6.45, 7) is 9.16. The zero-order chi connectivity index (χ0) is 29.3. The van der Waals surface area contributed by atoms with E-state index >= 15 is 13.2 Å². The molecule has 3 atom stereocenters. The number of ether oxygens (including phenoxy) is 2. The normalized spacial score (nSPS) is 30.4. The number of esters is 1. The van der Waals surface area contributed by atoms with Gasteiger partial charge >= 0.3 is 13.1 Å². The van der Waals surface area contributed by atoms with Crippen molar-refractivity contribution in [2.45, 2.75) is 68.6 Å². The quantitative estimate of drug-likeness (QED) is 0.403. The van der Waals surface area contributed by atoms with Gasteiger partial charge in [0.15, 0.2) is 9.91 Å². The third kappa shape index (κ3) is 4.21. The Morgan fingerprint density at radius 3 is 2.25 bits per heavy atom. The summed E-state index contributed by atoms with van der Waals surface area (Å²) in [5.74, 6) is -6.24. The van der Waals surface area contributed by atoms with Crippen molar-refractivity contribution < 1.29 is 36.7 Å². The zero-order valence-electron chi connectivity index (χ0n) is 23.4. The van der Waals surface area contributed by atoms with E-state index in [2.05, 4.69) is 10.3 Å². The number of rotatable bonds is 6. The van der Waals surface area contributed by atoms with Crippen LogP contribution >= 0.6 is 11.8 Å². The molecule has 0 aromatic heterocycles. The van der Waals surface area contributed by atoms with Gasteiger partial charge in [-0.3, -0.25) is 9.79 Å². The van der Waals surface area contributed by atoms with Crippen molar-refractivity contribution in [2.75, 3.05) is 14.2 Å². The maximum atomic E-state index is 15.7. The molecule has 2 aliphatic heterocycles. The number of thioether (sulfide) groups is 1. The summed E-state index contributed by atoms with van der Waals surface area (Å²) in [6.07, 6.45) is 0. The van der Waals surface area contributed by atoms with Crippen LogP contribution in [0.3, 0.4) is 0 Å². The lowest BCUT2D eigenvalue weighted by Crippen LogP contribution is -2.53. The van der Waals surface area contributed by atoms with E-state index in [1.807, 2.05) is 27.7 Å². The molecule has 1 saturated carbocycles. The molecular formula is C28H32BF3N2O5S. The second-order valence-electron chi connectivity index (χ2n) is 11.5. The van der Waals surface area contributed by atoms with Gasteiger partial charge in [0.25, 0.3) is 5.92 Å². The van der Waals surface area contributed by atoms with Crippen LogP contribution in [0.25, 0.3) is 0 Å². The minimum absolute atomic E-state index is 0.0485. The number of hydrogen-bond donors (Lipinski definition) is 1. The Labute approximate surface area is 236 Å². The van der Waals surface area contributed by atoms with Crippen molar-refractivity contribution in [2.24, 2.45) is 10.9 Å². The van der Waals surface area contributed by atoms with Gasteiger partial charge in [0.05, 0.1) is 43.4 Å². The first-order valence-electron chi connectivity index (χ1n) is 12.9. The number of carbonyl (C=O) groups excluding carboxylic acids is 1. The van der Waals surface area contributed by atoms with Crippen LogP contribution in [0.4, 0.5) is 13.2 Å². The standard InChI is InChI=1S/C28H32BF3N2O5S/c1-24(2)25(3,4)39-29(38-24)17-10-13-20(30)19(14-17)26(5)21-27(22(35)37-7,28(21,31)32)40-23(34-26)33-15-16-8-11-18(36-6)12-9-16/h8-14,21H,15H2,1-7H3,(H,33,34)/t21-,26+,27-/m1/s1. The van der Waals surface area contributed by atoms with Crippen LogP contribution in [0.5, 0.6) is 5.75 Å². The lowest BCUT2D eigenvalue weighted by Gasteiger charge is -2.38. The minimum atomic E-state index is -3.50. The molecule has 3 fully saturated rings. The van der Waals surface area contributed by atoms with Gasteiger partial charge in [0.1, 0.15) is 11.6 Å². The fourth-order valence-electron chi connectivity index (χ4n) is 5.45. The first-order chi connectivity index (χ1) is 18.6. The van der Waals surface area contributed by atoms with Crippen LogP contribution in [-0.4, -0.2) is 54.3 Å². The van der Waals surface area contributed by atoms with E-state index in [1.165, 1.54) is 25.1 Å². The third-order valence-corrected chi connectivity index (χ3v) is 9.93. The van der Waals surface area contributed by atoms with E-state index in [1.54, 1.807) is 31.4 Å². The highest BCUT2D eigenvalue weighted by atomic mass is 32.2. The monoisotopic (exact) mass is 576 g/mol. The van der Waals surface area contributed by atoms with Gasteiger partial charge in [0.2, 0.25) is 0 Å². The van der Waals surface area contributed by atoms with Crippen LogP contribution in [0.15, 0.2) is 47.5 Å². The molecule has 2 heterocycles. The molecule has 214 valence electrons. The average molecular weight is 576 g/mol. The van der Waals surface area contributed by atoms with Gasteiger partial charge in [-0.1, -0.05) is 36.0 Å². The lowest BCUT2D eigenvalue weighted by atomic mass is 9.75. The first kappa shape index (κ1) is 28.8. The molecule has 0 radical (unpaired) electrons. The number of nitrogens with one attached hydrogen (secondary N) is 1. The number of hydrogen-bond acceptors (Lipinski definition) is 7. The molecule has 40 heavy (non-hydrogen) atoms. The molecule has 1 N–H and O–H groups in total. The zero-order valence-corrected chi connectivity index (χ0v) is 24.3. The number of amidine groups is 1. The van der Waals surface area contributed by atoms with E-state index in [-0.39, 0.29) is 17.3 Å². The highest BCUT2D eigenvalue weighted by Crippen LogP contribution is 2.74. The van der Waals surface area contributed by atoms with Crippen LogP contribution in [0.1, 0.15) is 45.7 Å². The molecule has 0 unspecified atom stereocenters. The van der Waals surface area contributed by atoms with Crippen molar-refractivity contribution in [1.82, 2.24) is 5.32 Å². The molecule has 0 spiro atoms. The Morgan fingerprint density at radius 2 is 1.68 bits per heavy atom. The summed E-state index contributed by atoms with van der Waals surface area (Å²) < 4.78 is 67.0. The maximum Gasteiger partial charge on any atom is 0.494 e. The van der Waals surface area contributed by atoms with Gasteiger partial charge in [-0.15, -0.1) is 0 Å². The number of benzene rings is 2. The van der Waals surface area contributed by atoms with Crippen LogP contribution < -0.4 is 15.5 Å². The Balaban J connectivity index is 1.56. The summed E-state index contributed by atoms with van der Waals surface area (Å²) in [4.78, 5) is 17.4. The van der Waals surface area contributed by atoms with Crippen molar-refractivity contribution in [3.63, 3.8) is 0 Å². The van der Waals surface area contributed by atoms with E-state index in [0.29, 0.717) is 23.0 Å². The minimum Gasteiger partial charge on any atom is -0.497 e. The molecular weight excluding hydrogens is 544 g/mol. The summed E-state index contributed by atoms with van der Waals surface area (Å²) in [7, 11) is 1.79. The Hall–Kier alpha value is -2.70. The predicted molar refractivity (Wildman–Crippen MR) is 148 cm³/mol. The van der Waals surface area contributed by atoms with Gasteiger partial charge < -0.3 is 24.1 Å². The van der Waals surface area contributed by atoms with Crippen molar-refractivity contribution in [3.8, 4) is 5.75 Å². The fraction of sp³-hybridized carbons (Fsp3) is 0.500. The van der Waals surface area contributed by atoms with Crippen LogP contribution in [-0.2, 0) is 30.9 Å². The Bertz CT molecular complexity index is 1360. The first-order valence-corrected chi connectivity index (χ1v) is 13.7. The SMILES string of the molecule is COC(=O)[C@]12SC(=NCc3ccc(OC)cc3)N[C@@](C)(c3cc(B4OC(C)(C)C(C)(C)O4)ccc3F)[C@H]1C2(F)F. The van der Waals surface area contributed by atoms with Crippen LogP contribution in [0.2, 0.25) is 0 Å². The van der Waals surface area contributed by atoms with Gasteiger partial charge in [-0.2, -0.15) is 0 Å². The molecule has 5 rings (SSSR count). The highest BCUT2D eigenvalue weighted by Gasteiger charge is 2.92. The number of fused-ring (bicyclic) bond motifs is 1. The topological polar surface area (TPSA) is 78.4 Å². The molecule has 3 aliphatic rings. The maximum absolute atomic E-state index is 15.7. The summed E-state index contributed by atoms with van der Waals surface area (Å²) in [6, 6.07) is 11.3. The number of nitrogens with zero attached hydrogens (tertiary/aromatic N) is 1. The van der Waals surface area contributed by atoms with Crippen molar-refractivity contribution in [3.05, 3.63) is 59.4 Å². The van der Waals surface area contributed by atoms with E-state index in [4.69, 9.17) is 18.8 Å². The number of carbonyl (C=O) groups is 1. The molecule has 1 aliphatic carbocycles.